The molecule has 0 radical (unpaired) electrons. The van der Waals surface area contributed by atoms with E-state index < -0.39 is 0 Å². The van der Waals surface area contributed by atoms with Gasteiger partial charge in [-0.3, -0.25) is 0 Å². The standard InChI is InChI=1S/C17H20O2S/c1-2-20-14-6-13-18-15-9-11-17(12-10-15)19-16-7-4-3-5-8-16/h3-5,7-12H,2,6,13-14H2,1H3. The minimum Gasteiger partial charge on any atom is -0.494 e. The van der Waals surface area contributed by atoms with Gasteiger partial charge in [0.2, 0.25) is 0 Å². The van der Waals surface area contributed by atoms with E-state index in [2.05, 4.69) is 6.92 Å². The van der Waals surface area contributed by atoms with E-state index in [1.165, 1.54) is 5.75 Å². The molecule has 20 heavy (non-hydrogen) atoms. The molecule has 0 amide bonds. The second-order valence-electron chi connectivity index (χ2n) is 4.29. The van der Waals surface area contributed by atoms with Crippen molar-refractivity contribution in [2.24, 2.45) is 0 Å². The zero-order valence-electron chi connectivity index (χ0n) is 11.7. The maximum Gasteiger partial charge on any atom is 0.127 e. The lowest BCUT2D eigenvalue weighted by Gasteiger charge is -2.08. The summed E-state index contributed by atoms with van der Waals surface area (Å²) in [6.07, 6.45) is 1.08. The predicted molar refractivity (Wildman–Crippen MR) is 86.1 cm³/mol. The molecule has 0 aromatic heterocycles. The molecule has 0 saturated carbocycles. The van der Waals surface area contributed by atoms with Crippen molar-refractivity contribution in [3.63, 3.8) is 0 Å². The Balaban J connectivity index is 1.78. The van der Waals surface area contributed by atoms with E-state index in [4.69, 9.17) is 9.47 Å². The van der Waals surface area contributed by atoms with Crippen molar-refractivity contribution in [3.8, 4) is 17.2 Å². The summed E-state index contributed by atoms with van der Waals surface area (Å²) < 4.78 is 11.4. The van der Waals surface area contributed by atoms with Crippen molar-refractivity contribution in [2.75, 3.05) is 18.1 Å². The van der Waals surface area contributed by atoms with Gasteiger partial charge in [-0.1, -0.05) is 25.1 Å². The molecule has 0 saturated heterocycles. The van der Waals surface area contributed by atoms with Gasteiger partial charge in [0, 0.05) is 0 Å². The van der Waals surface area contributed by atoms with Gasteiger partial charge in [0.1, 0.15) is 17.2 Å². The molecule has 2 nitrogen and oxygen atoms in total. The molecule has 0 aliphatic heterocycles. The van der Waals surface area contributed by atoms with Gasteiger partial charge < -0.3 is 9.47 Å². The van der Waals surface area contributed by atoms with Gasteiger partial charge in [0.05, 0.1) is 6.61 Å². The summed E-state index contributed by atoms with van der Waals surface area (Å²) in [4.78, 5) is 0. The van der Waals surface area contributed by atoms with E-state index in [-0.39, 0.29) is 0 Å². The number of benzene rings is 2. The molecule has 3 heteroatoms. The third kappa shape index (κ3) is 5.17. The summed E-state index contributed by atoms with van der Waals surface area (Å²) in [5.41, 5.74) is 0. The van der Waals surface area contributed by atoms with Crippen LogP contribution < -0.4 is 9.47 Å². The summed E-state index contributed by atoms with van der Waals surface area (Å²) in [5, 5.41) is 0. The molecule has 2 aromatic rings. The Morgan fingerprint density at radius 2 is 1.50 bits per heavy atom. The number of para-hydroxylation sites is 1. The fourth-order valence-electron chi connectivity index (χ4n) is 1.72. The Morgan fingerprint density at radius 3 is 2.20 bits per heavy atom. The van der Waals surface area contributed by atoms with Crippen molar-refractivity contribution < 1.29 is 9.47 Å². The van der Waals surface area contributed by atoms with Crippen LogP contribution in [0.3, 0.4) is 0 Å². The van der Waals surface area contributed by atoms with Crippen molar-refractivity contribution in [2.45, 2.75) is 13.3 Å². The zero-order valence-corrected chi connectivity index (χ0v) is 12.6. The van der Waals surface area contributed by atoms with Crippen LogP contribution >= 0.6 is 11.8 Å². The average Bonchev–Trinajstić information content (AvgIpc) is 2.50. The monoisotopic (exact) mass is 288 g/mol. The maximum absolute atomic E-state index is 5.73. The minimum atomic E-state index is 0.770. The van der Waals surface area contributed by atoms with Gasteiger partial charge in [0.25, 0.3) is 0 Å². The van der Waals surface area contributed by atoms with Gasteiger partial charge in [0.15, 0.2) is 0 Å². The van der Waals surface area contributed by atoms with Crippen LogP contribution in [0.15, 0.2) is 54.6 Å². The molecule has 0 aliphatic carbocycles. The molecule has 0 aliphatic rings. The van der Waals surface area contributed by atoms with Crippen LogP contribution in [-0.2, 0) is 0 Å². The number of hydrogen-bond acceptors (Lipinski definition) is 3. The quantitative estimate of drug-likeness (QED) is 0.637. The molecule has 0 spiro atoms. The Hall–Kier alpha value is -1.61. The first-order chi connectivity index (χ1) is 9.88. The van der Waals surface area contributed by atoms with Crippen LogP contribution in [0.5, 0.6) is 17.2 Å². The van der Waals surface area contributed by atoms with Crippen LogP contribution in [0.25, 0.3) is 0 Å². The molecule has 2 aromatic carbocycles. The SMILES string of the molecule is CCSCCCOc1ccc(Oc2ccccc2)cc1. The Labute approximate surface area is 125 Å². The molecule has 106 valence electrons. The molecule has 0 atom stereocenters. The van der Waals surface area contributed by atoms with Gasteiger partial charge in [-0.05, 0) is 54.3 Å². The molecule has 0 N–H and O–H groups in total. The first-order valence-electron chi connectivity index (χ1n) is 6.92. The zero-order chi connectivity index (χ0) is 14.0. The maximum atomic E-state index is 5.73. The molecule has 0 bridgehead atoms. The Bertz CT molecular complexity index is 482. The van der Waals surface area contributed by atoms with E-state index in [1.807, 2.05) is 66.4 Å². The number of hydrogen-bond donors (Lipinski definition) is 0. The predicted octanol–water partition coefficient (Wildman–Crippen LogP) is 5.00. The summed E-state index contributed by atoms with van der Waals surface area (Å²) in [6, 6.07) is 17.5. The lowest BCUT2D eigenvalue weighted by Crippen LogP contribution is -1.98. The highest BCUT2D eigenvalue weighted by Crippen LogP contribution is 2.23. The minimum absolute atomic E-state index is 0.770. The first-order valence-corrected chi connectivity index (χ1v) is 8.07. The second kappa shape index (κ2) is 8.54. The molecular weight excluding hydrogens is 268 g/mol. The first kappa shape index (κ1) is 14.8. The Kier molecular flexibility index (Phi) is 6.32. The van der Waals surface area contributed by atoms with E-state index in [9.17, 15) is 0 Å². The van der Waals surface area contributed by atoms with E-state index in [0.29, 0.717) is 0 Å². The number of ether oxygens (including phenoxy) is 2. The van der Waals surface area contributed by atoms with Gasteiger partial charge in [-0.25, -0.2) is 0 Å². The smallest absolute Gasteiger partial charge is 0.127 e. The summed E-state index contributed by atoms with van der Waals surface area (Å²) in [7, 11) is 0. The summed E-state index contributed by atoms with van der Waals surface area (Å²) >= 11 is 1.95. The molecule has 0 heterocycles. The molecule has 2 rings (SSSR count). The highest BCUT2D eigenvalue weighted by atomic mass is 32.2. The fraction of sp³-hybridized carbons (Fsp3) is 0.294. The van der Waals surface area contributed by atoms with Crippen LogP contribution in [0.4, 0.5) is 0 Å². The average molecular weight is 288 g/mol. The normalized spacial score (nSPS) is 10.2. The van der Waals surface area contributed by atoms with Crippen molar-refractivity contribution in [1.29, 1.82) is 0 Å². The van der Waals surface area contributed by atoms with Crippen LogP contribution in [-0.4, -0.2) is 18.1 Å². The van der Waals surface area contributed by atoms with E-state index in [1.54, 1.807) is 0 Å². The third-order valence-electron chi connectivity index (χ3n) is 2.71. The second-order valence-corrected chi connectivity index (χ2v) is 5.68. The van der Waals surface area contributed by atoms with Crippen LogP contribution in [0, 0.1) is 0 Å². The fourth-order valence-corrected chi connectivity index (χ4v) is 2.33. The van der Waals surface area contributed by atoms with Gasteiger partial charge in [-0.2, -0.15) is 11.8 Å². The topological polar surface area (TPSA) is 18.5 Å². The molecule has 0 fully saturated rings. The highest BCUT2D eigenvalue weighted by Gasteiger charge is 1.98. The largest absolute Gasteiger partial charge is 0.494 e. The lowest BCUT2D eigenvalue weighted by molar-refractivity contribution is 0.318. The number of thioether (sulfide) groups is 1. The highest BCUT2D eigenvalue weighted by molar-refractivity contribution is 7.99. The van der Waals surface area contributed by atoms with Crippen LogP contribution in [0.2, 0.25) is 0 Å². The summed E-state index contributed by atoms with van der Waals surface area (Å²) in [6.45, 7) is 2.95. The van der Waals surface area contributed by atoms with E-state index >= 15 is 0 Å². The van der Waals surface area contributed by atoms with Gasteiger partial charge in [-0.15, -0.1) is 0 Å². The van der Waals surface area contributed by atoms with Crippen molar-refractivity contribution >= 4 is 11.8 Å². The van der Waals surface area contributed by atoms with Crippen LogP contribution in [0.1, 0.15) is 13.3 Å². The third-order valence-corrected chi connectivity index (χ3v) is 3.69. The molecular formula is C17H20O2S. The van der Waals surface area contributed by atoms with Crippen molar-refractivity contribution in [3.05, 3.63) is 54.6 Å². The van der Waals surface area contributed by atoms with E-state index in [0.717, 1.165) is 36.0 Å². The lowest BCUT2D eigenvalue weighted by atomic mass is 10.3. The molecule has 0 unspecified atom stereocenters. The Morgan fingerprint density at radius 1 is 0.850 bits per heavy atom. The summed E-state index contributed by atoms with van der Waals surface area (Å²) in [5.74, 6) is 4.90. The number of rotatable bonds is 8. The van der Waals surface area contributed by atoms with Crippen molar-refractivity contribution in [1.82, 2.24) is 0 Å². The van der Waals surface area contributed by atoms with Gasteiger partial charge >= 0.3 is 0 Å².